The Morgan fingerprint density at radius 3 is 2.75 bits per heavy atom. The van der Waals surface area contributed by atoms with Crippen molar-refractivity contribution in [2.24, 2.45) is 5.73 Å². The first-order valence-electron chi connectivity index (χ1n) is 7.11. The number of rotatable bonds is 6. The third-order valence-electron chi connectivity index (χ3n) is 3.98. The number of halogens is 1. The molecule has 1 aromatic carbocycles. The van der Waals surface area contributed by atoms with Crippen LogP contribution in [0.25, 0.3) is 0 Å². The maximum atomic E-state index is 5.63. The molecule has 5 heteroatoms. The van der Waals surface area contributed by atoms with Gasteiger partial charge in [0.05, 0.1) is 0 Å². The van der Waals surface area contributed by atoms with Crippen molar-refractivity contribution in [3.05, 3.63) is 28.2 Å². The fraction of sp³-hybridized carbons (Fsp3) is 0.533. The van der Waals surface area contributed by atoms with Gasteiger partial charge in [0.2, 0.25) is 0 Å². The Kier molecular flexibility index (Phi) is 5.81. The molecule has 3 N–H and O–H groups in total. The Labute approximate surface area is 135 Å². The van der Waals surface area contributed by atoms with Crippen LogP contribution in [-0.4, -0.2) is 36.1 Å². The molecule has 0 amide bonds. The number of thiocarbonyl (C=S) groups is 1. The number of anilines is 1. The lowest BCUT2D eigenvalue weighted by Gasteiger charge is -2.24. The van der Waals surface area contributed by atoms with Crippen LogP contribution in [0.2, 0.25) is 0 Å². The van der Waals surface area contributed by atoms with Gasteiger partial charge in [0.15, 0.2) is 0 Å². The molecule has 110 valence electrons. The number of nitrogens with one attached hydrogen (secondary N) is 1. The molecule has 0 unspecified atom stereocenters. The monoisotopic (exact) mass is 355 g/mol. The minimum atomic E-state index is 0.429. The summed E-state index contributed by atoms with van der Waals surface area (Å²) in [5.41, 5.74) is 7.60. The molecule has 0 heterocycles. The van der Waals surface area contributed by atoms with Crippen LogP contribution < -0.4 is 11.1 Å². The molecular weight excluding hydrogens is 334 g/mol. The van der Waals surface area contributed by atoms with Crippen LogP contribution in [-0.2, 0) is 0 Å². The molecule has 2 rings (SSSR count). The van der Waals surface area contributed by atoms with E-state index in [9.17, 15) is 0 Å². The minimum absolute atomic E-state index is 0.429. The smallest absolute Gasteiger partial charge is 0.104 e. The van der Waals surface area contributed by atoms with Crippen molar-refractivity contribution in [2.75, 3.05) is 25.5 Å². The molecule has 0 atom stereocenters. The summed E-state index contributed by atoms with van der Waals surface area (Å²) in [6.45, 7) is 2.01. The highest BCUT2D eigenvalue weighted by atomic mass is 79.9. The third-order valence-corrected chi connectivity index (χ3v) is 4.87. The zero-order valence-corrected chi connectivity index (χ0v) is 14.3. The maximum Gasteiger partial charge on any atom is 0.104 e. The Bertz CT molecular complexity index is 472. The van der Waals surface area contributed by atoms with E-state index >= 15 is 0 Å². The predicted molar refractivity (Wildman–Crippen MR) is 93.4 cm³/mol. The first-order chi connectivity index (χ1) is 9.58. The lowest BCUT2D eigenvalue weighted by Crippen LogP contribution is -2.33. The SMILES string of the molecule is CN(CCNc1ccc(C(N)=S)cc1Br)C1CCCC1. The van der Waals surface area contributed by atoms with Gasteiger partial charge >= 0.3 is 0 Å². The molecule has 1 saturated carbocycles. The largest absolute Gasteiger partial charge is 0.389 e. The van der Waals surface area contributed by atoms with Gasteiger partial charge in [0, 0.05) is 34.9 Å². The molecule has 0 aliphatic heterocycles. The second kappa shape index (κ2) is 7.38. The number of hydrogen-bond donors (Lipinski definition) is 2. The van der Waals surface area contributed by atoms with Gasteiger partial charge in [0.25, 0.3) is 0 Å². The van der Waals surface area contributed by atoms with Crippen molar-refractivity contribution in [1.82, 2.24) is 4.90 Å². The highest BCUT2D eigenvalue weighted by Crippen LogP contribution is 2.24. The quantitative estimate of drug-likeness (QED) is 0.767. The lowest BCUT2D eigenvalue weighted by atomic mass is 10.2. The number of nitrogens with zero attached hydrogens (tertiary/aromatic N) is 1. The van der Waals surface area contributed by atoms with Crippen LogP contribution in [0, 0.1) is 0 Å². The van der Waals surface area contributed by atoms with E-state index in [1.807, 2.05) is 18.2 Å². The summed E-state index contributed by atoms with van der Waals surface area (Å²) in [5.74, 6) is 0. The molecule has 0 bridgehead atoms. The molecule has 0 radical (unpaired) electrons. The van der Waals surface area contributed by atoms with Gasteiger partial charge in [-0.25, -0.2) is 0 Å². The third kappa shape index (κ3) is 4.17. The van der Waals surface area contributed by atoms with E-state index in [1.54, 1.807) is 0 Å². The van der Waals surface area contributed by atoms with Crippen LogP contribution in [0.3, 0.4) is 0 Å². The Morgan fingerprint density at radius 1 is 1.45 bits per heavy atom. The van der Waals surface area contributed by atoms with Crippen molar-refractivity contribution >= 4 is 38.8 Å². The fourth-order valence-corrected chi connectivity index (χ4v) is 3.35. The predicted octanol–water partition coefficient (Wildman–Crippen LogP) is 3.37. The summed E-state index contributed by atoms with van der Waals surface area (Å²) in [5, 5.41) is 3.46. The van der Waals surface area contributed by atoms with E-state index in [0.717, 1.165) is 34.9 Å². The molecule has 0 aromatic heterocycles. The first-order valence-corrected chi connectivity index (χ1v) is 8.31. The van der Waals surface area contributed by atoms with Crippen LogP contribution >= 0.6 is 28.1 Å². The van der Waals surface area contributed by atoms with E-state index < -0.39 is 0 Å². The Balaban J connectivity index is 1.83. The second-order valence-corrected chi connectivity index (χ2v) is 6.70. The second-order valence-electron chi connectivity index (χ2n) is 5.40. The van der Waals surface area contributed by atoms with Gasteiger partial charge in [-0.15, -0.1) is 0 Å². The standard InChI is InChI=1S/C15H22BrN3S/c1-19(12-4-2-3-5-12)9-8-18-14-7-6-11(15(17)20)10-13(14)16/h6-7,10,12,18H,2-5,8-9H2,1H3,(H2,17,20). The maximum absolute atomic E-state index is 5.63. The van der Waals surface area contributed by atoms with Gasteiger partial charge in [0.1, 0.15) is 4.99 Å². The van der Waals surface area contributed by atoms with Crippen molar-refractivity contribution in [2.45, 2.75) is 31.7 Å². The molecule has 1 fully saturated rings. The lowest BCUT2D eigenvalue weighted by molar-refractivity contribution is 0.254. The molecule has 1 aliphatic rings. The molecule has 0 saturated heterocycles. The van der Waals surface area contributed by atoms with Crippen LogP contribution in [0.4, 0.5) is 5.69 Å². The van der Waals surface area contributed by atoms with Crippen LogP contribution in [0.5, 0.6) is 0 Å². The summed E-state index contributed by atoms with van der Waals surface area (Å²) < 4.78 is 1.01. The fourth-order valence-electron chi connectivity index (χ4n) is 2.71. The van der Waals surface area contributed by atoms with Crippen molar-refractivity contribution in [3.8, 4) is 0 Å². The van der Waals surface area contributed by atoms with Crippen LogP contribution in [0.15, 0.2) is 22.7 Å². The van der Waals surface area contributed by atoms with Gasteiger partial charge < -0.3 is 16.0 Å². The van der Waals surface area contributed by atoms with Gasteiger partial charge in [-0.1, -0.05) is 25.1 Å². The Hall–Kier alpha value is -0.650. The van der Waals surface area contributed by atoms with E-state index in [1.165, 1.54) is 25.7 Å². The van der Waals surface area contributed by atoms with E-state index in [0.29, 0.717) is 4.99 Å². The molecular formula is C15H22BrN3S. The molecule has 3 nitrogen and oxygen atoms in total. The summed E-state index contributed by atoms with van der Waals surface area (Å²) in [7, 11) is 2.22. The van der Waals surface area contributed by atoms with Crippen molar-refractivity contribution in [3.63, 3.8) is 0 Å². The molecule has 0 spiro atoms. The van der Waals surface area contributed by atoms with Crippen LogP contribution in [0.1, 0.15) is 31.2 Å². The summed E-state index contributed by atoms with van der Waals surface area (Å²) in [6, 6.07) is 6.72. The number of likely N-dealkylation sites (N-methyl/N-ethyl adjacent to an activating group) is 1. The normalized spacial score (nSPS) is 15.8. The van der Waals surface area contributed by atoms with Gasteiger partial charge in [-0.05, 0) is 54.0 Å². The van der Waals surface area contributed by atoms with Crippen molar-refractivity contribution < 1.29 is 0 Å². The van der Waals surface area contributed by atoms with Gasteiger partial charge in [-0.2, -0.15) is 0 Å². The number of nitrogens with two attached hydrogens (primary N) is 1. The highest BCUT2D eigenvalue weighted by molar-refractivity contribution is 9.10. The Morgan fingerprint density at radius 2 is 2.15 bits per heavy atom. The van der Waals surface area contributed by atoms with E-state index in [4.69, 9.17) is 18.0 Å². The topological polar surface area (TPSA) is 41.3 Å². The molecule has 20 heavy (non-hydrogen) atoms. The zero-order chi connectivity index (χ0) is 14.5. The molecule has 1 aliphatic carbocycles. The first kappa shape index (κ1) is 15.7. The average molecular weight is 356 g/mol. The van der Waals surface area contributed by atoms with E-state index in [-0.39, 0.29) is 0 Å². The summed E-state index contributed by atoms with van der Waals surface area (Å²) in [4.78, 5) is 2.90. The van der Waals surface area contributed by atoms with E-state index in [2.05, 4.69) is 33.2 Å². The minimum Gasteiger partial charge on any atom is -0.389 e. The highest BCUT2D eigenvalue weighted by Gasteiger charge is 2.18. The summed E-state index contributed by atoms with van der Waals surface area (Å²) >= 11 is 8.54. The van der Waals surface area contributed by atoms with Gasteiger partial charge in [-0.3, -0.25) is 0 Å². The zero-order valence-electron chi connectivity index (χ0n) is 11.9. The number of hydrogen-bond acceptors (Lipinski definition) is 3. The number of benzene rings is 1. The molecule has 1 aromatic rings. The summed E-state index contributed by atoms with van der Waals surface area (Å²) in [6.07, 6.45) is 5.47. The average Bonchev–Trinajstić information content (AvgIpc) is 2.94. The van der Waals surface area contributed by atoms with Crippen molar-refractivity contribution in [1.29, 1.82) is 0 Å².